The summed E-state index contributed by atoms with van der Waals surface area (Å²) in [4.78, 5) is 2.42. The number of anilines is 1. The van der Waals surface area contributed by atoms with Gasteiger partial charge in [-0.05, 0) is 31.2 Å². The number of nitrogens with zero attached hydrogens (tertiary/aromatic N) is 1. The van der Waals surface area contributed by atoms with Crippen LogP contribution in [0, 0.1) is 6.92 Å². The maximum Gasteiger partial charge on any atom is 0.0407 e. The summed E-state index contributed by atoms with van der Waals surface area (Å²) in [6, 6.07) is 7.33. The molecule has 0 saturated carbocycles. The molecule has 0 fully saturated rings. The van der Waals surface area contributed by atoms with Crippen LogP contribution in [0.2, 0.25) is 0 Å². The second-order valence-electron chi connectivity index (χ2n) is 4.39. The maximum atomic E-state index is 3.59. The number of halogens is 1. The lowest BCUT2D eigenvalue weighted by Gasteiger charge is -2.30. The minimum Gasteiger partial charge on any atom is -0.371 e. The first-order chi connectivity index (χ1) is 8.13. The standard InChI is InChI=1S/C14H22BrNS/c1-5-13(10-17-4)16(3)14-7-6-11(2)8-12(14)9-15/h6-8,13H,5,9-10H2,1-4H3. The minimum absolute atomic E-state index is 0.616. The Labute approximate surface area is 118 Å². The van der Waals surface area contributed by atoms with E-state index in [1.165, 1.54) is 29.0 Å². The number of aryl methyl sites for hydroxylation is 1. The molecule has 0 bridgehead atoms. The smallest absolute Gasteiger partial charge is 0.0407 e. The van der Waals surface area contributed by atoms with Gasteiger partial charge in [0.25, 0.3) is 0 Å². The molecule has 1 rings (SSSR count). The summed E-state index contributed by atoms with van der Waals surface area (Å²) in [6.45, 7) is 4.41. The van der Waals surface area contributed by atoms with Crippen molar-refractivity contribution in [3.63, 3.8) is 0 Å². The highest BCUT2D eigenvalue weighted by atomic mass is 79.9. The molecular weight excluding hydrogens is 294 g/mol. The Morgan fingerprint density at radius 3 is 2.65 bits per heavy atom. The van der Waals surface area contributed by atoms with E-state index in [0.717, 1.165) is 5.33 Å². The van der Waals surface area contributed by atoms with Crippen LogP contribution >= 0.6 is 27.7 Å². The summed E-state index contributed by atoms with van der Waals surface area (Å²) in [5.74, 6) is 1.18. The molecule has 1 unspecified atom stereocenters. The third kappa shape index (κ3) is 3.92. The molecule has 0 aliphatic rings. The Kier molecular flexibility index (Phi) is 6.42. The van der Waals surface area contributed by atoms with Gasteiger partial charge in [0.1, 0.15) is 0 Å². The number of benzene rings is 1. The highest BCUT2D eigenvalue weighted by Crippen LogP contribution is 2.26. The van der Waals surface area contributed by atoms with Gasteiger partial charge in [-0.2, -0.15) is 11.8 Å². The van der Waals surface area contributed by atoms with Crippen LogP contribution in [0.5, 0.6) is 0 Å². The molecule has 17 heavy (non-hydrogen) atoms. The molecule has 0 N–H and O–H groups in total. The monoisotopic (exact) mass is 315 g/mol. The van der Waals surface area contributed by atoms with Crippen LogP contribution in [-0.2, 0) is 5.33 Å². The fourth-order valence-corrected chi connectivity index (χ4v) is 3.35. The number of alkyl halides is 1. The SMILES string of the molecule is CCC(CSC)N(C)c1ccc(C)cc1CBr. The Bertz CT molecular complexity index is 354. The first-order valence-electron chi connectivity index (χ1n) is 6.01. The van der Waals surface area contributed by atoms with Crippen LogP contribution in [0.15, 0.2) is 18.2 Å². The van der Waals surface area contributed by atoms with Crippen molar-refractivity contribution in [3.8, 4) is 0 Å². The predicted molar refractivity (Wildman–Crippen MR) is 84.7 cm³/mol. The van der Waals surface area contributed by atoms with Gasteiger partial charge in [-0.3, -0.25) is 0 Å². The fourth-order valence-electron chi connectivity index (χ4n) is 2.06. The zero-order valence-corrected chi connectivity index (χ0v) is 13.6. The zero-order valence-electron chi connectivity index (χ0n) is 11.2. The Hall–Kier alpha value is -0.150. The molecule has 0 saturated heterocycles. The molecule has 1 atom stereocenters. The third-order valence-electron chi connectivity index (χ3n) is 3.14. The second-order valence-corrected chi connectivity index (χ2v) is 5.87. The Morgan fingerprint density at radius 2 is 2.12 bits per heavy atom. The molecule has 0 amide bonds. The van der Waals surface area contributed by atoms with Crippen molar-refractivity contribution in [2.75, 3.05) is 24.0 Å². The van der Waals surface area contributed by atoms with Crippen molar-refractivity contribution in [3.05, 3.63) is 29.3 Å². The molecule has 3 heteroatoms. The largest absolute Gasteiger partial charge is 0.371 e. The summed E-state index contributed by atoms with van der Waals surface area (Å²) in [7, 11) is 2.21. The first kappa shape index (κ1) is 14.9. The fraction of sp³-hybridized carbons (Fsp3) is 0.571. The molecule has 1 aromatic rings. The Morgan fingerprint density at radius 1 is 1.41 bits per heavy atom. The van der Waals surface area contributed by atoms with Gasteiger partial charge >= 0.3 is 0 Å². The maximum absolute atomic E-state index is 3.59. The lowest BCUT2D eigenvalue weighted by atomic mass is 10.1. The topological polar surface area (TPSA) is 3.24 Å². The zero-order chi connectivity index (χ0) is 12.8. The van der Waals surface area contributed by atoms with Crippen LogP contribution < -0.4 is 4.90 Å². The first-order valence-corrected chi connectivity index (χ1v) is 8.52. The van der Waals surface area contributed by atoms with E-state index in [0.29, 0.717) is 6.04 Å². The van der Waals surface area contributed by atoms with Gasteiger partial charge in [0.05, 0.1) is 0 Å². The summed E-state index contributed by atoms with van der Waals surface area (Å²) >= 11 is 5.51. The molecule has 96 valence electrons. The number of hydrogen-bond acceptors (Lipinski definition) is 2. The number of thioether (sulfide) groups is 1. The molecule has 1 nitrogen and oxygen atoms in total. The van der Waals surface area contributed by atoms with Crippen molar-refractivity contribution in [2.45, 2.75) is 31.6 Å². The number of hydrogen-bond donors (Lipinski definition) is 0. The van der Waals surface area contributed by atoms with Gasteiger partial charge in [0.2, 0.25) is 0 Å². The Balaban J connectivity index is 2.97. The van der Waals surface area contributed by atoms with Crippen LogP contribution in [-0.4, -0.2) is 25.1 Å². The van der Waals surface area contributed by atoms with Crippen molar-refractivity contribution >= 4 is 33.4 Å². The van der Waals surface area contributed by atoms with Gasteiger partial charge in [-0.1, -0.05) is 40.5 Å². The lowest BCUT2D eigenvalue weighted by molar-refractivity contribution is 0.671. The van der Waals surface area contributed by atoms with Gasteiger partial charge in [0.15, 0.2) is 0 Å². The molecule has 0 aliphatic heterocycles. The lowest BCUT2D eigenvalue weighted by Crippen LogP contribution is -2.33. The van der Waals surface area contributed by atoms with Crippen LogP contribution in [0.25, 0.3) is 0 Å². The van der Waals surface area contributed by atoms with E-state index in [-0.39, 0.29) is 0 Å². The molecule has 0 aliphatic carbocycles. The molecule has 0 radical (unpaired) electrons. The quantitative estimate of drug-likeness (QED) is 0.713. The van der Waals surface area contributed by atoms with Crippen molar-refractivity contribution in [2.24, 2.45) is 0 Å². The van der Waals surface area contributed by atoms with Crippen LogP contribution in [0.1, 0.15) is 24.5 Å². The van der Waals surface area contributed by atoms with E-state index in [2.05, 4.69) is 66.2 Å². The van der Waals surface area contributed by atoms with Crippen molar-refractivity contribution in [1.29, 1.82) is 0 Å². The van der Waals surface area contributed by atoms with Crippen molar-refractivity contribution < 1.29 is 0 Å². The summed E-state index contributed by atoms with van der Waals surface area (Å²) < 4.78 is 0. The summed E-state index contributed by atoms with van der Waals surface area (Å²) in [6.07, 6.45) is 3.37. The van der Waals surface area contributed by atoms with E-state index in [9.17, 15) is 0 Å². The normalized spacial score (nSPS) is 12.5. The minimum atomic E-state index is 0.616. The third-order valence-corrected chi connectivity index (χ3v) is 4.46. The highest BCUT2D eigenvalue weighted by molar-refractivity contribution is 9.08. The number of rotatable bonds is 6. The second kappa shape index (κ2) is 7.32. The summed E-state index contributed by atoms with van der Waals surface area (Å²) in [5.41, 5.74) is 4.06. The predicted octanol–water partition coefficient (Wildman–Crippen LogP) is 4.47. The van der Waals surface area contributed by atoms with E-state index in [1.54, 1.807) is 0 Å². The van der Waals surface area contributed by atoms with E-state index >= 15 is 0 Å². The van der Waals surface area contributed by atoms with Crippen LogP contribution in [0.3, 0.4) is 0 Å². The van der Waals surface area contributed by atoms with Gasteiger partial charge in [0, 0.05) is 29.9 Å². The van der Waals surface area contributed by atoms with E-state index in [1.807, 2.05) is 11.8 Å². The van der Waals surface area contributed by atoms with E-state index in [4.69, 9.17) is 0 Å². The molecule has 0 heterocycles. The van der Waals surface area contributed by atoms with Crippen molar-refractivity contribution in [1.82, 2.24) is 0 Å². The molecule has 0 aromatic heterocycles. The summed E-state index contributed by atoms with van der Waals surface area (Å²) in [5, 5.41) is 0.921. The van der Waals surface area contributed by atoms with E-state index < -0.39 is 0 Å². The van der Waals surface area contributed by atoms with Gasteiger partial charge in [-0.15, -0.1) is 0 Å². The van der Waals surface area contributed by atoms with Gasteiger partial charge in [-0.25, -0.2) is 0 Å². The average molecular weight is 316 g/mol. The molecule has 0 spiro atoms. The average Bonchev–Trinajstić information content (AvgIpc) is 2.34. The molecule has 1 aromatic carbocycles. The van der Waals surface area contributed by atoms with Crippen LogP contribution in [0.4, 0.5) is 5.69 Å². The molecular formula is C14H22BrNS. The van der Waals surface area contributed by atoms with Gasteiger partial charge < -0.3 is 4.90 Å². The highest BCUT2D eigenvalue weighted by Gasteiger charge is 2.15.